The molecule has 1 unspecified atom stereocenters. The molecule has 1 aromatic rings. The third-order valence-corrected chi connectivity index (χ3v) is 3.93. The van der Waals surface area contributed by atoms with E-state index >= 15 is 0 Å². The first kappa shape index (κ1) is 12.9. The second kappa shape index (κ2) is 4.99. The van der Waals surface area contributed by atoms with Crippen molar-refractivity contribution in [2.45, 2.75) is 38.8 Å². The molecule has 0 spiro atoms. The van der Waals surface area contributed by atoms with Gasteiger partial charge in [0.15, 0.2) is 0 Å². The van der Waals surface area contributed by atoms with Crippen LogP contribution in [0.5, 0.6) is 0 Å². The maximum absolute atomic E-state index is 3.62. The lowest BCUT2D eigenvalue weighted by Crippen LogP contribution is -2.61. The van der Waals surface area contributed by atoms with Crippen LogP contribution in [0.2, 0.25) is 0 Å². The highest BCUT2D eigenvalue weighted by Crippen LogP contribution is 2.27. The fraction of sp³-hybridized carbons (Fsp3) is 0.571. The van der Waals surface area contributed by atoms with Gasteiger partial charge in [-0.3, -0.25) is 0 Å². The van der Waals surface area contributed by atoms with Gasteiger partial charge in [0.05, 0.1) is 0 Å². The lowest BCUT2D eigenvalue weighted by Gasteiger charge is -2.45. The van der Waals surface area contributed by atoms with Crippen molar-refractivity contribution in [1.82, 2.24) is 5.32 Å². The largest absolute Gasteiger partial charge is 0.365 e. The molecule has 17 heavy (non-hydrogen) atoms. The van der Waals surface area contributed by atoms with Crippen molar-refractivity contribution in [2.24, 2.45) is 0 Å². The first-order valence-electron chi connectivity index (χ1n) is 6.29. The molecule has 1 aromatic carbocycles. The smallest absolute Gasteiger partial charge is 0.0412 e. The van der Waals surface area contributed by atoms with Crippen LogP contribution in [0.25, 0.3) is 0 Å². The molecule has 2 nitrogen and oxygen atoms in total. The van der Waals surface area contributed by atoms with Gasteiger partial charge in [0.1, 0.15) is 0 Å². The van der Waals surface area contributed by atoms with Crippen LogP contribution in [0.3, 0.4) is 0 Å². The van der Waals surface area contributed by atoms with Crippen molar-refractivity contribution in [3.8, 4) is 0 Å². The van der Waals surface area contributed by atoms with Crippen LogP contribution in [0, 0.1) is 0 Å². The van der Waals surface area contributed by atoms with Crippen LogP contribution in [0.15, 0.2) is 28.7 Å². The molecular formula is C14H21BrN2. The Kier molecular flexibility index (Phi) is 3.79. The van der Waals surface area contributed by atoms with Gasteiger partial charge in [-0.1, -0.05) is 28.9 Å². The topological polar surface area (TPSA) is 15.3 Å². The van der Waals surface area contributed by atoms with Crippen molar-refractivity contribution in [3.05, 3.63) is 28.7 Å². The van der Waals surface area contributed by atoms with E-state index in [2.05, 4.69) is 71.2 Å². The van der Waals surface area contributed by atoms with Crippen molar-refractivity contribution < 1.29 is 0 Å². The Labute approximate surface area is 113 Å². The summed E-state index contributed by atoms with van der Waals surface area (Å²) in [5, 5.41) is 3.62. The van der Waals surface area contributed by atoms with E-state index in [4.69, 9.17) is 0 Å². The third-order valence-electron chi connectivity index (χ3n) is 3.43. The number of rotatable bonds is 2. The van der Waals surface area contributed by atoms with Crippen LogP contribution in [-0.4, -0.2) is 24.7 Å². The monoisotopic (exact) mass is 296 g/mol. The fourth-order valence-corrected chi connectivity index (χ4v) is 2.82. The van der Waals surface area contributed by atoms with Crippen LogP contribution in [0.1, 0.15) is 27.2 Å². The molecule has 1 atom stereocenters. The van der Waals surface area contributed by atoms with Gasteiger partial charge in [-0.05, 0) is 38.5 Å². The van der Waals surface area contributed by atoms with E-state index < -0.39 is 0 Å². The van der Waals surface area contributed by atoms with Gasteiger partial charge in [0.2, 0.25) is 0 Å². The van der Waals surface area contributed by atoms with Gasteiger partial charge in [-0.15, -0.1) is 0 Å². The second-order valence-electron chi connectivity index (χ2n) is 5.43. The predicted molar refractivity (Wildman–Crippen MR) is 77.6 cm³/mol. The molecule has 1 aliphatic rings. The second-order valence-corrected chi connectivity index (χ2v) is 6.35. The highest BCUT2D eigenvalue weighted by molar-refractivity contribution is 9.10. The number of hydrogen-bond donors (Lipinski definition) is 1. The highest BCUT2D eigenvalue weighted by atomic mass is 79.9. The van der Waals surface area contributed by atoms with Crippen molar-refractivity contribution in [1.29, 1.82) is 0 Å². The maximum atomic E-state index is 3.62. The van der Waals surface area contributed by atoms with E-state index in [0.717, 1.165) is 17.6 Å². The fourth-order valence-electron chi connectivity index (χ4n) is 2.44. The summed E-state index contributed by atoms with van der Waals surface area (Å²) in [6.07, 6.45) is 1.18. The van der Waals surface area contributed by atoms with Gasteiger partial charge < -0.3 is 10.2 Å². The summed E-state index contributed by atoms with van der Waals surface area (Å²) in [6, 6.07) is 9.20. The molecule has 0 radical (unpaired) electrons. The molecule has 1 fully saturated rings. The Balaban J connectivity index is 2.26. The average molecular weight is 297 g/mol. The standard InChI is InChI=1S/C14H21BrN2/c1-4-12-9-16-14(2,3)10-17(12)13-7-5-6-11(15)8-13/h5-8,12,16H,4,9-10H2,1-3H3. The minimum absolute atomic E-state index is 0.188. The maximum Gasteiger partial charge on any atom is 0.0412 e. The Morgan fingerprint density at radius 1 is 1.47 bits per heavy atom. The summed E-state index contributed by atoms with van der Waals surface area (Å²) in [4.78, 5) is 2.53. The molecule has 94 valence electrons. The molecule has 0 aromatic heterocycles. The summed E-state index contributed by atoms with van der Waals surface area (Å²) < 4.78 is 1.15. The number of nitrogens with one attached hydrogen (secondary N) is 1. The zero-order valence-electron chi connectivity index (χ0n) is 10.8. The first-order chi connectivity index (χ1) is 8.02. The quantitative estimate of drug-likeness (QED) is 0.900. The Hall–Kier alpha value is -0.540. The number of piperazine rings is 1. The summed E-state index contributed by atoms with van der Waals surface area (Å²) in [5.74, 6) is 0. The molecule has 0 aliphatic carbocycles. The van der Waals surface area contributed by atoms with E-state index in [1.54, 1.807) is 0 Å². The number of nitrogens with zero attached hydrogens (tertiary/aromatic N) is 1. The first-order valence-corrected chi connectivity index (χ1v) is 7.08. The minimum atomic E-state index is 0.188. The number of hydrogen-bond acceptors (Lipinski definition) is 2. The molecule has 1 N–H and O–H groups in total. The molecule has 0 bridgehead atoms. The molecule has 3 heteroatoms. The van der Waals surface area contributed by atoms with E-state index in [1.165, 1.54) is 12.1 Å². The zero-order chi connectivity index (χ0) is 12.5. The molecule has 1 aliphatic heterocycles. The number of anilines is 1. The van der Waals surface area contributed by atoms with Crippen LogP contribution in [0.4, 0.5) is 5.69 Å². The van der Waals surface area contributed by atoms with Crippen LogP contribution < -0.4 is 10.2 Å². The summed E-state index contributed by atoms with van der Waals surface area (Å²) >= 11 is 3.56. The Bertz CT molecular complexity index is 390. The number of benzene rings is 1. The van der Waals surface area contributed by atoms with Gasteiger partial charge in [-0.25, -0.2) is 0 Å². The molecule has 2 rings (SSSR count). The minimum Gasteiger partial charge on any atom is -0.365 e. The van der Waals surface area contributed by atoms with Gasteiger partial charge in [-0.2, -0.15) is 0 Å². The normalized spacial score (nSPS) is 23.8. The van der Waals surface area contributed by atoms with Crippen LogP contribution >= 0.6 is 15.9 Å². The van der Waals surface area contributed by atoms with Crippen molar-refractivity contribution >= 4 is 21.6 Å². The third kappa shape index (κ3) is 3.02. The summed E-state index contributed by atoms with van der Waals surface area (Å²) in [6.45, 7) is 8.92. The van der Waals surface area contributed by atoms with Crippen molar-refractivity contribution in [3.63, 3.8) is 0 Å². The van der Waals surface area contributed by atoms with Crippen molar-refractivity contribution in [2.75, 3.05) is 18.0 Å². The lowest BCUT2D eigenvalue weighted by molar-refractivity contribution is 0.306. The Morgan fingerprint density at radius 2 is 2.24 bits per heavy atom. The highest BCUT2D eigenvalue weighted by Gasteiger charge is 2.31. The SMILES string of the molecule is CCC1CNC(C)(C)CN1c1cccc(Br)c1. The molecule has 1 heterocycles. The van der Waals surface area contributed by atoms with E-state index in [1.807, 2.05) is 0 Å². The summed E-state index contributed by atoms with van der Waals surface area (Å²) in [5.41, 5.74) is 1.51. The van der Waals surface area contributed by atoms with Gasteiger partial charge in [0.25, 0.3) is 0 Å². The molecular weight excluding hydrogens is 276 g/mol. The van der Waals surface area contributed by atoms with Crippen LogP contribution in [-0.2, 0) is 0 Å². The zero-order valence-corrected chi connectivity index (χ0v) is 12.4. The lowest BCUT2D eigenvalue weighted by atomic mass is 9.97. The molecule has 0 amide bonds. The van der Waals surface area contributed by atoms with E-state index in [9.17, 15) is 0 Å². The Morgan fingerprint density at radius 3 is 2.88 bits per heavy atom. The van der Waals surface area contributed by atoms with E-state index in [0.29, 0.717) is 6.04 Å². The molecule has 1 saturated heterocycles. The molecule has 0 saturated carbocycles. The van der Waals surface area contributed by atoms with E-state index in [-0.39, 0.29) is 5.54 Å². The predicted octanol–water partition coefficient (Wildman–Crippen LogP) is 3.42. The summed E-state index contributed by atoms with van der Waals surface area (Å²) in [7, 11) is 0. The van der Waals surface area contributed by atoms with Gasteiger partial charge in [0, 0.05) is 34.8 Å². The van der Waals surface area contributed by atoms with Gasteiger partial charge >= 0.3 is 0 Å². The average Bonchev–Trinajstić information content (AvgIpc) is 2.28. The number of halogens is 1.